The summed E-state index contributed by atoms with van der Waals surface area (Å²) in [5.41, 5.74) is 2.44. The second kappa shape index (κ2) is 8.05. The fourth-order valence-corrected chi connectivity index (χ4v) is 3.38. The maximum atomic E-state index is 6.45. The summed E-state index contributed by atoms with van der Waals surface area (Å²) in [5, 5.41) is 4.29. The number of hydrogen-bond donors (Lipinski definition) is 1. The summed E-state index contributed by atoms with van der Waals surface area (Å²) in [7, 11) is 2.21. The number of halogens is 1. The first kappa shape index (κ1) is 16.6. The van der Waals surface area contributed by atoms with Crippen molar-refractivity contribution in [1.82, 2.24) is 5.32 Å². The maximum Gasteiger partial charge on any atom is 0.0471 e. The van der Waals surface area contributed by atoms with Crippen molar-refractivity contribution < 1.29 is 0 Å². The third-order valence-electron chi connectivity index (χ3n) is 4.72. The molecule has 0 amide bonds. The maximum absolute atomic E-state index is 6.45. The predicted molar refractivity (Wildman–Crippen MR) is 93.3 cm³/mol. The minimum absolute atomic E-state index is 0.668. The normalized spacial score (nSPS) is 22.3. The third-order valence-corrected chi connectivity index (χ3v) is 5.07. The van der Waals surface area contributed by atoms with Gasteiger partial charge in [-0.1, -0.05) is 31.5 Å². The van der Waals surface area contributed by atoms with Crippen LogP contribution in [0.25, 0.3) is 0 Å². The van der Waals surface area contributed by atoms with Gasteiger partial charge in [0.1, 0.15) is 0 Å². The minimum atomic E-state index is 0.668. The first-order valence-corrected chi connectivity index (χ1v) is 8.71. The molecule has 0 heterocycles. The summed E-state index contributed by atoms with van der Waals surface area (Å²) in [6.45, 7) is 6.44. The van der Waals surface area contributed by atoms with Gasteiger partial charge >= 0.3 is 0 Å². The van der Waals surface area contributed by atoms with Crippen LogP contribution in [0.1, 0.15) is 51.5 Å². The molecule has 0 aliphatic heterocycles. The number of rotatable bonds is 6. The molecule has 1 aromatic rings. The van der Waals surface area contributed by atoms with E-state index in [9.17, 15) is 0 Å². The second-order valence-electron chi connectivity index (χ2n) is 6.48. The molecule has 2 nitrogen and oxygen atoms in total. The molecule has 0 saturated heterocycles. The van der Waals surface area contributed by atoms with Gasteiger partial charge in [-0.25, -0.2) is 0 Å². The SMILES string of the molecule is CCCNCc1ccc(N(C)C2CCC(C)CC2)cc1Cl. The van der Waals surface area contributed by atoms with Crippen molar-refractivity contribution in [1.29, 1.82) is 0 Å². The van der Waals surface area contributed by atoms with E-state index in [0.29, 0.717) is 6.04 Å². The molecule has 21 heavy (non-hydrogen) atoms. The molecule has 1 N–H and O–H groups in total. The molecule has 3 heteroatoms. The number of benzene rings is 1. The lowest BCUT2D eigenvalue weighted by atomic mass is 9.86. The first-order valence-electron chi connectivity index (χ1n) is 8.33. The fraction of sp³-hybridized carbons (Fsp3) is 0.667. The molecule has 0 aromatic heterocycles. The van der Waals surface area contributed by atoms with E-state index in [1.54, 1.807) is 0 Å². The van der Waals surface area contributed by atoms with Crippen LogP contribution in [0, 0.1) is 5.92 Å². The zero-order valence-electron chi connectivity index (χ0n) is 13.7. The van der Waals surface area contributed by atoms with Crippen LogP contribution in [0.4, 0.5) is 5.69 Å². The van der Waals surface area contributed by atoms with E-state index < -0.39 is 0 Å². The van der Waals surface area contributed by atoms with E-state index in [-0.39, 0.29) is 0 Å². The number of hydrogen-bond acceptors (Lipinski definition) is 2. The van der Waals surface area contributed by atoms with Gasteiger partial charge in [-0.15, -0.1) is 0 Å². The summed E-state index contributed by atoms with van der Waals surface area (Å²) < 4.78 is 0. The van der Waals surface area contributed by atoms with E-state index in [4.69, 9.17) is 11.6 Å². The topological polar surface area (TPSA) is 15.3 Å². The molecule has 0 radical (unpaired) electrons. The van der Waals surface area contributed by atoms with Gasteiger partial charge in [-0.2, -0.15) is 0 Å². The smallest absolute Gasteiger partial charge is 0.0471 e. The van der Waals surface area contributed by atoms with E-state index in [2.05, 4.69) is 49.3 Å². The van der Waals surface area contributed by atoms with Gasteiger partial charge in [0, 0.05) is 30.3 Å². The Morgan fingerprint density at radius 2 is 1.95 bits per heavy atom. The van der Waals surface area contributed by atoms with Crippen LogP contribution >= 0.6 is 11.6 Å². The zero-order valence-corrected chi connectivity index (χ0v) is 14.4. The Labute approximate surface area is 134 Å². The molecule has 1 saturated carbocycles. The quantitative estimate of drug-likeness (QED) is 0.755. The Morgan fingerprint density at radius 3 is 2.57 bits per heavy atom. The van der Waals surface area contributed by atoms with Crippen LogP contribution in [0.3, 0.4) is 0 Å². The highest BCUT2D eigenvalue weighted by Gasteiger charge is 2.22. The van der Waals surface area contributed by atoms with Crippen molar-refractivity contribution in [2.75, 3.05) is 18.5 Å². The Kier molecular flexibility index (Phi) is 6.38. The number of nitrogens with one attached hydrogen (secondary N) is 1. The second-order valence-corrected chi connectivity index (χ2v) is 6.88. The van der Waals surface area contributed by atoms with Gasteiger partial charge in [0.2, 0.25) is 0 Å². The van der Waals surface area contributed by atoms with Gasteiger partial charge in [-0.05, 0) is 62.3 Å². The molecule has 0 unspecified atom stereocenters. The minimum Gasteiger partial charge on any atom is -0.372 e. The lowest BCUT2D eigenvalue weighted by Crippen LogP contribution is -2.34. The fourth-order valence-electron chi connectivity index (χ4n) is 3.14. The van der Waals surface area contributed by atoms with E-state index >= 15 is 0 Å². The van der Waals surface area contributed by atoms with Crippen LogP contribution in [0.15, 0.2) is 18.2 Å². The van der Waals surface area contributed by atoms with Crippen LogP contribution in [-0.4, -0.2) is 19.6 Å². The predicted octanol–water partition coefficient (Wildman–Crippen LogP) is 4.85. The van der Waals surface area contributed by atoms with Gasteiger partial charge < -0.3 is 10.2 Å². The van der Waals surface area contributed by atoms with Crippen molar-refractivity contribution in [3.05, 3.63) is 28.8 Å². The summed E-state index contributed by atoms with van der Waals surface area (Å²) in [6.07, 6.45) is 6.45. The van der Waals surface area contributed by atoms with E-state index in [1.807, 2.05) is 0 Å². The first-order chi connectivity index (χ1) is 10.1. The van der Waals surface area contributed by atoms with Crippen LogP contribution in [0.5, 0.6) is 0 Å². The molecular formula is C18H29ClN2. The Balaban J connectivity index is 1.98. The average Bonchev–Trinajstić information content (AvgIpc) is 2.49. The zero-order chi connectivity index (χ0) is 15.2. The molecule has 2 rings (SSSR count). The van der Waals surface area contributed by atoms with Crippen molar-refractivity contribution in [2.45, 2.75) is 58.5 Å². The summed E-state index contributed by atoms with van der Waals surface area (Å²) in [4.78, 5) is 2.42. The van der Waals surface area contributed by atoms with Gasteiger partial charge in [0.05, 0.1) is 0 Å². The number of anilines is 1. The third kappa shape index (κ3) is 4.62. The standard InChI is InChI=1S/C18H29ClN2/c1-4-11-20-13-15-7-10-17(12-18(15)19)21(3)16-8-5-14(2)6-9-16/h7,10,12,14,16,20H,4-6,8-9,11,13H2,1-3H3. The number of nitrogens with zero attached hydrogens (tertiary/aromatic N) is 1. The highest BCUT2D eigenvalue weighted by atomic mass is 35.5. The molecule has 1 fully saturated rings. The molecule has 1 aliphatic rings. The van der Waals surface area contributed by atoms with Crippen LogP contribution in [0.2, 0.25) is 5.02 Å². The van der Waals surface area contributed by atoms with E-state index in [1.165, 1.54) is 36.9 Å². The van der Waals surface area contributed by atoms with Gasteiger partial charge in [-0.3, -0.25) is 0 Å². The van der Waals surface area contributed by atoms with Crippen LogP contribution < -0.4 is 10.2 Å². The molecule has 1 aliphatic carbocycles. The molecule has 1 aromatic carbocycles. The lowest BCUT2D eigenvalue weighted by molar-refractivity contribution is 0.341. The van der Waals surface area contributed by atoms with E-state index in [0.717, 1.165) is 30.5 Å². The Hall–Kier alpha value is -0.730. The molecular weight excluding hydrogens is 280 g/mol. The monoisotopic (exact) mass is 308 g/mol. The van der Waals surface area contributed by atoms with Crippen LogP contribution in [-0.2, 0) is 6.54 Å². The highest BCUT2D eigenvalue weighted by molar-refractivity contribution is 6.31. The van der Waals surface area contributed by atoms with Crippen molar-refractivity contribution >= 4 is 17.3 Å². The summed E-state index contributed by atoms with van der Waals surface area (Å²) in [5.74, 6) is 0.894. The van der Waals surface area contributed by atoms with Gasteiger partial charge in [0.25, 0.3) is 0 Å². The Bertz CT molecular complexity index is 439. The molecule has 0 bridgehead atoms. The molecule has 0 spiro atoms. The highest BCUT2D eigenvalue weighted by Crippen LogP contribution is 2.31. The average molecular weight is 309 g/mol. The summed E-state index contributed by atoms with van der Waals surface area (Å²) in [6, 6.07) is 7.18. The molecule has 0 atom stereocenters. The Morgan fingerprint density at radius 1 is 1.24 bits per heavy atom. The summed E-state index contributed by atoms with van der Waals surface area (Å²) >= 11 is 6.45. The van der Waals surface area contributed by atoms with Crippen molar-refractivity contribution in [3.63, 3.8) is 0 Å². The molecule has 118 valence electrons. The van der Waals surface area contributed by atoms with Crippen molar-refractivity contribution in [2.24, 2.45) is 5.92 Å². The van der Waals surface area contributed by atoms with Gasteiger partial charge in [0.15, 0.2) is 0 Å². The largest absolute Gasteiger partial charge is 0.372 e. The van der Waals surface area contributed by atoms with Crippen molar-refractivity contribution in [3.8, 4) is 0 Å². The lowest BCUT2D eigenvalue weighted by Gasteiger charge is -2.35.